The molecule has 17 heavy (non-hydrogen) atoms. The maximum Gasteiger partial charge on any atom is 0.410 e. The third kappa shape index (κ3) is 2.92. The first-order valence-corrected chi connectivity index (χ1v) is 6.40. The van der Waals surface area contributed by atoms with Crippen LogP contribution < -0.4 is 0 Å². The molecule has 3 atom stereocenters. The number of likely N-dealkylation sites (tertiary alicyclic amines) is 1. The van der Waals surface area contributed by atoms with Crippen molar-refractivity contribution in [1.82, 2.24) is 4.90 Å². The summed E-state index contributed by atoms with van der Waals surface area (Å²) >= 11 is 0. The molecule has 0 aromatic rings. The van der Waals surface area contributed by atoms with Crippen LogP contribution in [0, 0.1) is 11.8 Å². The van der Waals surface area contributed by atoms with Crippen LogP contribution in [0.25, 0.3) is 0 Å². The molecule has 1 saturated heterocycles. The topological polar surface area (TPSA) is 38.8 Å². The first-order valence-electron chi connectivity index (χ1n) is 6.40. The van der Waals surface area contributed by atoms with Gasteiger partial charge in [0.25, 0.3) is 0 Å². The number of methoxy groups -OCH3 is 1. The number of ether oxygens (including phenoxy) is 2. The summed E-state index contributed by atoms with van der Waals surface area (Å²) in [5.41, 5.74) is -0.399. The van der Waals surface area contributed by atoms with E-state index in [2.05, 4.69) is 0 Å². The second-order valence-electron chi connectivity index (χ2n) is 6.23. The van der Waals surface area contributed by atoms with Crippen LogP contribution in [-0.2, 0) is 9.47 Å². The van der Waals surface area contributed by atoms with Gasteiger partial charge in [-0.1, -0.05) is 0 Å². The summed E-state index contributed by atoms with van der Waals surface area (Å²) in [4.78, 5) is 13.8. The van der Waals surface area contributed by atoms with E-state index in [1.165, 1.54) is 0 Å². The molecule has 0 bridgehead atoms. The number of carbonyl (C=O) groups excluding carboxylic acids is 1. The van der Waals surface area contributed by atoms with E-state index in [0.717, 1.165) is 25.9 Å². The van der Waals surface area contributed by atoms with Crippen LogP contribution >= 0.6 is 0 Å². The fraction of sp³-hybridized carbons (Fsp3) is 0.923. The van der Waals surface area contributed by atoms with Gasteiger partial charge in [0, 0.05) is 20.2 Å². The first kappa shape index (κ1) is 12.7. The highest BCUT2D eigenvalue weighted by Crippen LogP contribution is 2.39. The van der Waals surface area contributed by atoms with Crippen molar-refractivity contribution in [2.75, 3.05) is 20.2 Å². The normalized spacial score (nSPS) is 32.7. The predicted octanol–water partition coefficient (Wildman–Crippen LogP) is 2.28. The molecule has 0 aromatic carbocycles. The lowest BCUT2D eigenvalue weighted by molar-refractivity contribution is 0.0260. The highest BCUT2D eigenvalue weighted by Gasteiger charge is 2.43. The Labute approximate surface area is 103 Å². The van der Waals surface area contributed by atoms with Gasteiger partial charge in [0.05, 0.1) is 6.10 Å². The van der Waals surface area contributed by atoms with Crippen molar-refractivity contribution in [1.29, 1.82) is 0 Å². The molecule has 1 aliphatic heterocycles. The lowest BCUT2D eigenvalue weighted by Crippen LogP contribution is -2.36. The molecule has 0 radical (unpaired) electrons. The number of carbonyl (C=O) groups is 1. The Morgan fingerprint density at radius 1 is 1.18 bits per heavy atom. The van der Waals surface area contributed by atoms with Crippen molar-refractivity contribution >= 4 is 6.09 Å². The predicted molar refractivity (Wildman–Crippen MR) is 64.8 cm³/mol. The molecule has 0 aromatic heterocycles. The van der Waals surface area contributed by atoms with E-state index in [1.807, 2.05) is 25.7 Å². The Morgan fingerprint density at radius 2 is 1.71 bits per heavy atom. The van der Waals surface area contributed by atoms with Gasteiger partial charge in [0.15, 0.2) is 0 Å². The van der Waals surface area contributed by atoms with E-state index < -0.39 is 5.60 Å². The van der Waals surface area contributed by atoms with Gasteiger partial charge in [-0.2, -0.15) is 0 Å². The first-order chi connectivity index (χ1) is 7.89. The van der Waals surface area contributed by atoms with Crippen molar-refractivity contribution in [3.63, 3.8) is 0 Å². The van der Waals surface area contributed by atoms with Gasteiger partial charge in [-0.3, -0.25) is 0 Å². The molecular formula is C13H23NO3. The monoisotopic (exact) mass is 241 g/mol. The van der Waals surface area contributed by atoms with Crippen LogP contribution in [0.2, 0.25) is 0 Å². The molecule has 2 aliphatic rings. The van der Waals surface area contributed by atoms with Crippen LogP contribution in [0.1, 0.15) is 33.6 Å². The minimum atomic E-state index is -0.399. The van der Waals surface area contributed by atoms with Gasteiger partial charge >= 0.3 is 6.09 Å². The SMILES string of the molecule is CO[C@@H]1C[C@@H]2CN(C(=O)OC(C)(C)C)C[C@@H]2C1. The van der Waals surface area contributed by atoms with Crippen molar-refractivity contribution in [2.45, 2.75) is 45.3 Å². The Bertz CT molecular complexity index is 284. The van der Waals surface area contributed by atoms with Gasteiger partial charge in [0.2, 0.25) is 0 Å². The standard InChI is InChI=1S/C13H23NO3/c1-13(2,3)17-12(15)14-7-9-5-11(16-4)6-10(9)8-14/h9-11H,5-8H2,1-4H3/t9-,10+,11-. The molecule has 1 aliphatic carbocycles. The number of hydrogen-bond acceptors (Lipinski definition) is 3. The second kappa shape index (κ2) is 4.48. The molecule has 2 rings (SSSR count). The quantitative estimate of drug-likeness (QED) is 0.707. The maximum absolute atomic E-state index is 11.9. The van der Waals surface area contributed by atoms with Gasteiger partial charge in [-0.25, -0.2) is 4.79 Å². The average molecular weight is 241 g/mol. The Kier molecular flexibility index (Phi) is 3.34. The molecular weight excluding hydrogens is 218 g/mol. The van der Waals surface area contributed by atoms with E-state index in [0.29, 0.717) is 17.9 Å². The Morgan fingerprint density at radius 3 is 2.12 bits per heavy atom. The number of hydrogen-bond donors (Lipinski definition) is 0. The van der Waals surface area contributed by atoms with E-state index in [4.69, 9.17) is 9.47 Å². The number of nitrogens with zero attached hydrogens (tertiary/aromatic N) is 1. The molecule has 1 heterocycles. The zero-order valence-corrected chi connectivity index (χ0v) is 11.2. The zero-order chi connectivity index (χ0) is 12.6. The molecule has 0 spiro atoms. The molecule has 0 unspecified atom stereocenters. The fourth-order valence-electron chi connectivity index (χ4n) is 2.91. The number of fused-ring (bicyclic) bond motifs is 1. The van der Waals surface area contributed by atoms with Crippen LogP contribution in [-0.4, -0.2) is 42.9 Å². The summed E-state index contributed by atoms with van der Waals surface area (Å²) in [6.45, 7) is 7.38. The third-order valence-corrected chi connectivity index (χ3v) is 3.69. The van der Waals surface area contributed by atoms with Gasteiger partial charge in [-0.15, -0.1) is 0 Å². The minimum Gasteiger partial charge on any atom is -0.444 e. The van der Waals surface area contributed by atoms with Crippen LogP contribution in [0.4, 0.5) is 4.79 Å². The smallest absolute Gasteiger partial charge is 0.410 e. The molecule has 4 nitrogen and oxygen atoms in total. The largest absolute Gasteiger partial charge is 0.444 e. The summed E-state index contributed by atoms with van der Waals surface area (Å²) in [5.74, 6) is 1.21. The third-order valence-electron chi connectivity index (χ3n) is 3.69. The van der Waals surface area contributed by atoms with Crippen molar-refractivity contribution in [3.8, 4) is 0 Å². The molecule has 0 N–H and O–H groups in total. The van der Waals surface area contributed by atoms with E-state index in [-0.39, 0.29) is 6.09 Å². The van der Waals surface area contributed by atoms with Crippen LogP contribution in [0.3, 0.4) is 0 Å². The van der Waals surface area contributed by atoms with Gasteiger partial charge < -0.3 is 14.4 Å². The van der Waals surface area contributed by atoms with Crippen LogP contribution in [0.5, 0.6) is 0 Å². The highest BCUT2D eigenvalue weighted by molar-refractivity contribution is 5.68. The summed E-state index contributed by atoms with van der Waals surface area (Å²) in [7, 11) is 1.78. The van der Waals surface area contributed by atoms with Crippen molar-refractivity contribution in [2.24, 2.45) is 11.8 Å². The Balaban J connectivity index is 1.86. The molecule has 4 heteroatoms. The maximum atomic E-state index is 11.9. The van der Waals surface area contributed by atoms with E-state index in [9.17, 15) is 4.79 Å². The fourth-order valence-corrected chi connectivity index (χ4v) is 2.91. The lowest BCUT2D eigenvalue weighted by Gasteiger charge is -2.25. The molecule has 1 amide bonds. The summed E-state index contributed by atoms with van der Waals surface area (Å²) in [5, 5.41) is 0. The Hall–Kier alpha value is -0.770. The number of rotatable bonds is 1. The van der Waals surface area contributed by atoms with E-state index >= 15 is 0 Å². The second-order valence-corrected chi connectivity index (χ2v) is 6.23. The lowest BCUT2D eigenvalue weighted by atomic mass is 10.0. The summed E-state index contributed by atoms with van der Waals surface area (Å²) < 4.78 is 10.8. The summed E-state index contributed by atoms with van der Waals surface area (Å²) in [6.07, 6.45) is 2.40. The molecule has 1 saturated carbocycles. The minimum absolute atomic E-state index is 0.166. The summed E-state index contributed by atoms with van der Waals surface area (Å²) in [6, 6.07) is 0. The zero-order valence-electron chi connectivity index (χ0n) is 11.2. The van der Waals surface area contributed by atoms with Gasteiger partial charge in [-0.05, 0) is 45.4 Å². The van der Waals surface area contributed by atoms with Crippen molar-refractivity contribution in [3.05, 3.63) is 0 Å². The van der Waals surface area contributed by atoms with Crippen LogP contribution in [0.15, 0.2) is 0 Å². The molecule has 2 fully saturated rings. The molecule has 98 valence electrons. The van der Waals surface area contributed by atoms with Gasteiger partial charge in [0.1, 0.15) is 5.60 Å². The van der Waals surface area contributed by atoms with Crippen molar-refractivity contribution < 1.29 is 14.3 Å². The van der Waals surface area contributed by atoms with E-state index in [1.54, 1.807) is 7.11 Å². The highest BCUT2D eigenvalue weighted by atomic mass is 16.6. The number of amides is 1. The average Bonchev–Trinajstić information content (AvgIpc) is 2.70.